The molecular weight excluding hydrogens is 623 g/mol. The van der Waals surface area contributed by atoms with Crippen LogP contribution in [0.1, 0.15) is 50.4 Å². The third-order valence-corrected chi connectivity index (χ3v) is 8.72. The summed E-state index contributed by atoms with van der Waals surface area (Å²) in [6.07, 6.45) is 1.59. The predicted molar refractivity (Wildman–Crippen MR) is 176 cm³/mol. The number of amides is 2. The molecule has 3 heterocycles. The Morgan fingerprint density at radius 3 is 2.17 bits per heavy atom. The van der Waals surface area contributed by atoms with Gasteiger partial charge in [-0.2, -0.15) is 8.42 Å². The van der Waals surface area contributed by atoms with Crippen molar-refractivity contribution in [1.29, 1.82) is 0 Å². The minimum atomic E-state index is -0.750. The van der Waals surface area contributed by atoms with Crippen LogP contribution in [0.5, 0.6) is 5.75 Å². The lowest BCUT2D eigenvalue weighted by atomic mass is 10.0. The molecule has 0 radical (unpaired) electrons. The number of hydrogen-bond donors (Lipinski definition) is 1. The minimum absolute atomic E-state index is 0.00164. The second-order valence-corrected chi connectivity index (χ2v) is 12.1. The molecule has 3 aromatic carbocycles. The number of aryl methyl sites for hydroxylation is 1. The fourth-order valence-corrected chi connectivity index (χ4v) is 6.09. The molecule has 2 saturated heterocycles. The lowest BCUT2D eigenvalue weighted by Crippen LogP contribution is -2.48. The van der Waals surface area contributed by atoms with Crippen molar-refractivity contribution in [3.8, 4) is 5.75 Å². The number of benzene rings is 3. The molecule has 47 heavy (non-hydrogen) atoms. The summed E-state index contributed by atoms with van der Waals surface area (Å²) in [6, 6.07) is 20.8. The average molecular weight is 663 g/mol. The van der Waals surface area contributed by atoms with Gasteiger partial charge >= 0.3 is 11.6 Å². The molecule has 1 N–H and O–H groups in total. The molecule has 2 aliphatic heterocycles. The van der Waals surface area contributed by atoms with Gasteiger partial charge in [-0.1, -0.05) is 35.9 Å². The average Bonchev–Trinajstić information content (AvgIpc) is 3.51. The summed E-state index contributed by atoms with van der Waals surface area (Å²) in [6.45, 7) is 8.23. The molecule has 4 aromatic rings. The number of piperidine rings is 1. The highest BCUT2D eigenvalue weighted by Crippen LogP contribution is 2.24. The van der Waals surface area contributed by atoms with Gasteiger partial charge in [0.15, 0.2) is 17.3 Å². The number of carbonyl (C=O) groups is 2. The smallest absolute Gasteiger partial charge is 0.335 e. The summed E-state index contributed by atoms with van der Waals surface area (Å²) in [5.41, 5.74) is 4.61. The van der Waals surface area contributed by atoms with E-state index in [-0.39, 0.29) is 35.2 Å². The highest BCUT2D eigenvalue weighted by molar-refractivity contribution is 7.51. The SMILES string of the molecule is COc1ccc(CN2CCC(NC(=O)c3cc4cc(C(=O)N5CCN(Cc6ccc(C)cc6)CC5)ccc4o3)CC2)cc1F.O=S=O. The van der Waals surface area contributed by atoms with Gasteiger partial charge in [0.2, 0.25) is 0 Å². The lowest BCUT2D eigenvalue weighted by Gasteiger charge is -2.34. The number of furan rings is 1. The van der Waals surface area contributed by atoms with Crippen molar-refractivity contribution in [3.63, 3.8) is 0 Å². The Morgan fingerprint density at radius 1 is 0.872 bits per heavy atom. The number of nitrogens with one attached hydrogen (secondary N) is 1. The Bertz CT molecular complexity index is 1720. The van der Waals surface area contributed by atoms with E-state index in [1.807, 2.05) is 17.0 Å². The van der Waals surface area contributed by atoms with E-state index in [9.17, 15) is 14.0 Å². The highest BCUT2D eigenvalue weighted by atomic mass is 32.1. The third kappa shape index (κ3) is 8.91. The summed E-state index contributed by atoms with van der Waals surface area (Å²) in [4.78, 5) is 32.9. The molecular formula is C35H39FN4O6S. The van der Waals surface area contributed by atoms with Crippen LogP contribution in [-0.2, 0) is 24.7 Å². The number of methoxy groups -OCH3 is 1. The third-order valence-electron chi connectivity index (χ3n) is 8.72. The van der Waals surface area contributed by atoms with Gasteiger partial charge in [0.25, 0.3) is 11.8 Å². The van der Waals surface area contributed by atoms with Gasteiger partial charge in [-0.25, -0.2) is 4.39 Å². The van der Waals surface area contributed by atoms with Crippen LogP contribution in [0.15, 0.2) is 71.1 Å². The normalized spacial score (nSPS) is 15.9. The van der Waals surface area contributed by atoms with Gasteiger partial charge in [-0.3, -0.25) is 19.4 Å². The molecule has 10 nitrogen and oxygen atoms in total. The molecule has 1 aromatic heterocycles. The Labute approximate surface area is 277 Å². The second kappa shape index (κ2) is 15.9. The number of hydrogen-bond acceptors (Lipinski definition) is 8. The van der Waals surface area contributed by atoms with E-state index in [0.717, 1.165) is 56.5 Å². The van der Waals surface area contributed by atoms with Gasteiger partial charge < -0.3 is 19.4 Å². The zero-order valence-corrected chi connectivity index (χ0v) is 27.4. The van der Waals surface area contributed by atoms with E-state index in [0.29, 0.717) is 30.8 Å². The lowest BCUT2D eigenvalue weighted by molar-refractivity contribution is 0.0628. The van der Waals surface area contributed by atoms with Crippen LogP contribution in [0.25, 0.3) is 11.0 Å². The maximum atomic E-state index is 14.1. The number of ether oxygens (including phenoxy) is 1. The van der Waals surface area contributed by atoms with Crippen molar-refractivity contribution in [2.24, 2.45) is 0 Å². The van der Waals surface area contributed by atoms with Crippen molar-refractivity contribution >= 4 is 34.4 Å². The number of carbonyl (C=O) groups excluding carboxylic acids is 2. The maximum absolute atomic E-state index is 14.1. The second-order valence-electron chi connectivity index (χ2n) is 12.0. The van der Waals surface area contributed by atoms with Crippen molar-refractivity contribution < 1.29 is 31.6 Å². The molecule has 2 aliphatic rings. The summed E-state index contributed by atoms with van der Waals surface area (Å²) in [5.74, 6) is -0.133. The number of piperazine rings is 1. The molecule has 12 heteroatoms. The van der Waals surface area contributed by atoms with Crippen molar-refractivity contribution in [3.05, 3.63) is 101 Å². The molecule has 0 bridgehead atoms. The molecule has 0 unspecified atom stereocenters. The fraction of sp³-hybridized carbons (Fsp3) is 0.371. The molecule has 0 aliphatic carbocycles. The van der Waals surface area contributed by atoms with Crippen LogP contribution >= 0.6 is 0 Å². The standard InChI is InChI=1S/C35H39FN4O4.O2S/c1-24-3-5-25(6-4-24)22-39-15-17-40(18-16-39)35(42)27-8-10-31-28(20-27)21-33(44-31)34(41)37-29-11-13-38(14-12-29)23-26-7-9-32(43-2)30(36)19-26;1-3-2/h3-10,19-21,29H,11-18,22-23H2,1-2H3,(H,37,41);. The van der Waals surface area contributed by atoms with E-state index < -0.39 is 11.6 Å². The van der Waals surface area contributed by atoms with E-state index in [1.54, 1.807) is 24.3 Å². The monoisotopic (exact) mass is 662 g/mol. The van der Waals surface area contributed by atoms with Gasteiger partial charge in [0.05, 0.1) is 7.11 Å². The zero-order valence-electron chi connectivity index (χ0n) is 26.6. The molecule has 0 spiro atoms. The number of halogens is 1. The molecule has 0 atom stereocenters. The van der Waals surface area contributed by atoms with Gasteiger partial charge in [-0.15, -0.1) is 0 Å². The molecule has 6 rings (SSSR count). The first-order valence-corrected chi connectivity index (χ1v) is 16.3. The molecule has 248 valence electrons. The Balaban J connectivity index is 0.00000139. The number of nitrogens with zero attached hydrogens (tertiary/aromatic N) is 3. The molecule has 2 fully saturated rings. The Kier molecular flexibility index (Phi) is 11.5. The fourth-order valence-electron chi connectivity index (χ4n) is 6.09. The van der Waals surface area contributed by atoms with Crippen molar-refractivity contribution in [1.82, 2.24) is 20.0 Å². The van der Waals surface area contributed by atoms with Crippen LogP contribution in [0.2, 0.25) is 0 Å². The molecule has 2 amide bonds. The van der Waals surface area contributed by atoms with E-state index in [1.165, 1.54) is 24.3 Å². The predicted octanol–water partition coefficient (Wildman–Crippen LogP) is 4.57. The number of likely N-dealkylation sites (tertiary alicyclic amines) is 1. The summed E-state index contributed by atoms with van der Waals surface area (Å²) in [7, 11) is 1.46. The van der Waals surface area contributed by atoms with E-state index in [4.69, 9.17) is 17.6 Å². The van der Waals surface area contributed by atoms with Crippen LogP contribution in [0.4, 0.5) is 4.39 Å². The summed E-state index contributed by atoms with van der Waals surface area (Å²) >= 11 is -0.750. The molecule has 0 saturated carbocycles. The van der Waals surface area contributed by atoms with Crippen LogP contribution in [0.3, 0.4) is 0 Å². The van der Waals surface area contributed by atoms with Gasteiger partial charge in [-0.05, 0) is 67.3 Å². The van der Waals surface area contributed by atoms with Crippen molar-refractivity contribution in [2.75, 3.05) is 46.4 Å². The van der Waals surface area contributed by atoms with Gasteiger partial charge in [0, 0.05) is 69.3 Å². The first kappa shape index (κ1) is 34.0. The topological polar surface area (TPSA) is 112 Å². The number of rotatable bonds is 8. The summed E-state index contributed by atoms with van der Waals surface area (Å²) in [5, 5.41) is 3.84. The summed E-state index contributed by atoms with van der Waals surface area (Å²) < 4.78 is 41.5. The largest absolute Gasteiger partial charge is 0.494 e. The first-order chi connectivity index (χ1) is 22.8. The van der Waals surface area contributed by atoms with Crippen LogP contribution < -0.4 is 10.1 Å². The van der Waals surface area contributed by atoms with E-state index >= 15 is 0 Å². The highest BCUT2D eigenvalue weighted by Gasteiger charge is 2.25. The Hall–Kier alpha value is -4.39. The number of fused-ring (bicyclic) bond motifs is 1. The first-order valence-electron chi connectivity index (χ1n) is 15.6. The Morgan fingerprint density at radius 2 is 1.51 bits per heavy atom. The quantitative estimate of drug-likeness (QED) is 0.292. The van der Waals surface area contributed by atoms with Crippen LogP contribution in [0, 0.1) is 12.7 Å². The van der Waals surface area contributed by atoms with Crippen LogP contribution in [-0.4, -0.2) is 87.4 Å². The van der Waals surface area contributed by atoms with Gasteiger partial charge in [0.1, 0.15) is 5.58 Å². The van der Waals surface area contributed by atoms with Crippen molar-refractivity contribution in [2.45, 2.75) is 38.9 Å². The zero-order chi connectivity index (χ0) is 33.3. The van der Waals surface area contributed by atoms with E-state index in [2.05, 4.69) is 46.3 Å². The minimum Gasteiger partial charge on any atom is -0.494 e. The maximum Gasteiger partial charge on any atom is 0.335 e.